The van der Waals surface area contributed by atoms with Crippen molar-refractivity contribution in [1.29, 1.82) is 0 Å². The summed E-state index contributed by atoms with van der Waals surface area (Å²) in [4.78, 5) is 0.0547. The molecule has 2 rings (SSSR count). The molecule has 0 saturated heterocycles. The van der Waals surface area contributed by atoms with E-state index in [0.717, 1.165) is 4.47 Å². The Morgan fingerprint density at radius 3 is 2.62 bits per heavy atom. The number of nitrogens with one attached hydrogen (secondary N) is 1. The quantitative estimate of drug-likeness (QED) is 0.836. The highest BCUT2D eigenvalue weighted by Crippen LogP contribution is 2.27. The second kappa shape index (κ2) is 6.36. The highest BCUT2D eigenvalue weighted by Gasteiger charge is 2.20. The molecule has 0 aliphatic heterocycles. The fourth-order valence-corrected chi connectivity index (χ4v) is 3.98. The van der Waals surface area contributed by atoms with Gasteiger partial charge in [-0.15, -0.1) is 0 Å². The van der Waals surface area contributed by atoms with Gasteiger partial charge in [0.15, 0.2) is 0 Å². The van der Waals surface area contributed by atoms with E-state index < -0.39 is 10.0 Å². The van der Waals surface area contributed by atoms with E-state index in [1.165, 1.54) is 6.07 Å². The van der Waals surface area contributed by atoms with Crippen molar-refractivity contribution in [3.8, 4) is 0 Å². The molecule has 21 heavy (non-hydrogen) atoms. The first-order valence-corrected chi connectivity index (χ1v) is 8.67. The predicted molar refractivity (Wildman–Crippen MR) is 87.1 cm³/mol. The molecule has 4 nitrogen and oxygen atoms in total. The number of halogens is 2. The van der Waals surface area contributed by atoms with E-state index >= 15 is 0 Å². The maximum Gasteiger partial charge on any atom is 0.262 e. The minimum Gasteiger partial charge on any atom is -0.392 e. The van der Waals surface area contributed by atoms with Crippen LogP contribution in [0.4, 0.5) is 5.69 Å². The molecular weight excluding hydrogens is 378 g/mol. The molecule has 0 amide bonds. The van der Waals surface area contributed by atoms with Crippen molar-refractivity contribution < 1.29 is 13.5 Å². The lowest BCUT2D eigenvalue weighted by atomic mass is 10.1. The zero-order chi connectivity index (χ0) is 15.6. The van der Waals surface area contributed by atoms with Gasteiger partial charge in [-0.1, -0.05) is 33.6 Å². The number of hydrogen-bond acceptors (Lipinski definition) is 3. The van der Waals surface area contributed by atoms with Gasteiger partial charge in [0.05, 0.1) is 11.5 Å². The van der Waals surface area contributed by atoms with Gasteiger partial charge in [-0.05, 0) is 48.4 Å². The highest BCUT2D eigenvalue weighted by atomic mass is 79.9. The van der Waals surface area contributed by atoms with Gasteiger partial charge in [0, 0.05) is 15.2 Å². The summed E-state index contributed by atoms with van der Waals surface area (Å²) in [5, 5.41) is 9.54. The Morgan fingerprint density at radius 1 is 1.29 bits per heavy atom. The number of hydrogen-bond donors (Lipinski definition) is 2. The molecule has 0 fully saturated rings. The van der Waals surface area contributed by atoms with Crippen molar-refractivity contribution in [2.75, 3.05) is 4.72 Å². The molecule has 0 unspecified atom stereocenters. The van der Waals surface area contributed by atoms with Crippen molar-refractivity contribution in [3.05, 3.63) is 57.0 Å². The van der Waals surface area contributed by atoms with Crippen molar-refractivity contribution in [2.45, 2.75) is 18.4 Å². The average Bonchev–Trinajstić information content (AvgIpc) is 2.40. The van der Waals surface area contributed by atoms with Gasteiger partial charge in [-0.2, -0.15) is 0 Å². The summed E-state index contributed by atoms with van der Waals surface area (Å²) in [5.41, 5.74) is 1.40. The average molecular weight is 391 g/mol. The fourth-order valence-electron chi connectivity index (χ4n) is 1.91. The molecule has 0 heterocycles. The minimum absolute atomic E-state index is 0.0547. The Kier molecular flexibility index (Phi) is 4.93. The van der Waals surface area contributed by atoms with Gasteiger partial charge in [0.1, 0.15) is 0 Å². The molecule has 2 aromatic carbocycles. The van der Waals surface area contributed by atoms with E-state index in [0.29, 0.717) is 16.8 Å². The van der Waals surface area contributed by atoms with Crippen LogP contribution in [-0.2, 0) is 16.6 Å². The zero-order valence-corrected chi connectivity index (χ0v) is 14.3. The lowest BCUT2D eigenvalue weighted by Crippen LogP contribution is -2.15. The largest absolute Gasteiger partial charge is 0.392 e. The van der Waals surface area contributed by atoms with Crippen LogP contribution < -0.4 is 4.72 Å². The van der Waals surface area contributed by atoms with Crippen LogP contribution in [0.15, 0.2) is 45.8 Å². The Balaban J connectivity index is 2.47. The number of aliphatic hydroxyl groups excluding tert-OH is 1. The van der Waals surface area contributed by atoms with Crippen LogP contribution in [-0.4, -0.2) is 13.5 Å². The Hall–Kier alpha value is -1.08. The molecule has 0 radical (unpaired) electrons. The number of rotatable bonds is 4. The molecule has 0 aliphatic carbocycles. The topological polar surface area (TPSA) is 66.4 Å². The van der Waals surface area contributed by atoms with Gasteiger partial charge >= 0.3 is 0 Å². The van der Waals surface area contributed by atoms with Crippen LogP contribution in [0.25, 0.3) is 0 Å². The molecule has 0 saturated carbocycles. The molecule has 0 bridgehead atoms. The number of anilines is 1. The molecule has 0 aliphatic rings. The van der Waals surface area contributed by atoms with E-state index in [1.807, 2.05) is 0 Å². The molecule has 7 heteroatoms. The molecule has 0 aromatic heterocycles. The SMILES string of the molecule is Cc1c(CO)cc(Cl)cc1S(=O)(=O)Nc1cccc(Br)c1. The van der Waals surface area contributed by atoms with Crippen LogP contribution in [0.5, 0.6) is 0 Å². The van der Waals surface area contributed by atoms with E-state index in [4.69, 9.17) is 11.6 Å². The summed E-state index contributed by atoms with van der Waals surface area (Å²) in [6.45, 7) is 1.36. The van der Waals surface area contributed by atoms with Crippen LogP contribution in [0.1, 0.15) is 11.1 Å². The molecule has 0 atom stereocenters. The first-order valence-electron chi connectivity index (χ1n) is 6.02. The van der Waals surface area contributed by atoms with E-state index in [2.05, 4.69) is 20.7 Å². The fraction of sp³-hybridized carbons (Fsp3) is 0.143. The third-order valence-corrected chi connectivity index (χ3v) is 5.19. The van der Waals surface area contributed by atoms with Crippen molar-refractivity contribution in [2.24, 2.45) is 0 Å². The lowest BCUT2D eigenvalue weighted by Gasteiger charge is -2.13. The summed E-state index contributed by atoms with van der Waals surface area (Å²) in [6, 6.07) is 9.75. The summed E-state index contributed by atoms with van der Waals surface area (Å²) < 4.78 is 28.2. The zero-order valence-electron chi connectivity index (χ0n) is 11.1. The smallest absolute Gasteiger partial charge is 0.262 e. The summed E-state index contributed by atoms with van der Waals surface area (Å²) in [7, 11) is -3.78. The van der Waals surface area contributed by atoms with E-state index in [9.17, 15) is 13.5 Å². The second-order valence-corrected chi connectivity index (χ2v) is 7.46. The van der Waals surface area contributed by atoms with E-state index in [1.54, 1.807) is 37.3 Å². The first kappa shape index (κ1) is 16.3. The third-order valence-electron chi connectivity index (χ3n) is 2.97. The number of aliphatic hydroxyl groups is 1. The van der Waals surface area contributed by atoms with Crippen LogP contribution >= 0.6 is 27.5 Å². The van der Waals surface area contributed by atoms with Crippen LogP contribution in [0.3, 0.4) is 0 Å². The van der Waals surface area contributed by atoms with E-state index in [-0.39, 0.29) is 16.5 Å². The lowest BCUT2D eigenvalue weighted by molar-refractivity contribution is 0.280. The molecular formula is C14H13BrClNO3S. The standard InChI is InChI=1S/C14H13BrClNO3S/c1-9-10(8-18)5-12(16)7-14(9)21(19,20)17-13-4-2-3-11(15)6-13/h2-7,17-18H,8H2,1H3. The molecule has 2 N–H and O–H groups in total. The van der Waals surface area contributed by atoms with Crippen molar-refractivity contribution in [1.82, 2.24) is 0 Å². The first-order chi connectivity index (χ1) is 9.83. The summed E-state index contributed by atoms with van der Waals surface area (Å²) >= 11 is 9.21. The highest BCUT2D eigenvalue weighted by molar-refractivity contribution is 9.10. The van der Waals surface area contributed by atoms with Gasteiger partial charge < -0.3 is 5.11 Å². The maximum atomic E-state index is 12.5. The molecule has 2 aromatic rings. The summed E-state index contributed by atoms with van der Waals surface area (Å²) in [6.07, 6.45) is 0. The van der Waals surface area contributed by atoms with Gasteiger partial charge in [0.25, 0.3) is 10.0 Å². The van der Waals surface area contributed by atoms with Crippen LogP contribution in [0, 0.1) is 6.92 Å². The third kappa shape index (κ3) is 3.77. The van der Waals surface area contributed by atoms with Gasteiger partial charge in [-0.3, -0.25) is 4.72 Å². The minimum atomic E-state index is -3.78. The Morgan fingerprint density at radius 2 is 2.00 bits per heavy atom. The molecule has 112 valence electrons. The van der Waals surface area contributed by atoms with Gasteiger partial charge in [-0.25, -0.2) is 8.42 Å². The van der Waals surface area contributed by atoms with Crippen molar-refractivity contribution >= 4 is 43.2 Å². The van der Waals surface area contributed by atoms with Crippen molar-refractivity contribution in [3.63, 3.8) is 0 Å². The second-order valence-electron chi connectivity index (χ2n) is 4.46. The maximum absolute atomic E-state index is 12.5. The Labute approximate surface area is 136 Å². The van der Waals surface area contributed by atoms with Gasteiger partial charge in [0.2, 0.25) is 0 Å². The predicted octanol–water partition coefficient (Wildman–Crippen LogP) is 3.70. The van der Waals surface area contributed by atoms with Crippen LogP contribution in [0.2, 0.25) is 5.02 Å². The monoisotopic (exact) mass is 389 g/mol. The molecule has 0 spiro atoms. The summed E-state index contributed by atoms with van der Waals surface area (Å²) in [5.74, 6) is 0. The normalized spacial score (nSPS) is 11.4. The Bertz CT molecular complexity index is 778. The number of benzene rings is 2. The number of sulfonamides is 1.